The molecular formula is C18H26Cl2Zr. The van der Waals surface area contributed by atoms with Gasteiger partial charge in [0.1, 0.15) is 0 Å². The fraction of sp³-hybridized carbons (Fsp3) is 0.556. The average molecular weight is 405 g/mol. The summed E-state index contributed by atoms with van der Waals surface area (Å²) in [5, 5.41) is 0. The van der Waals surface area contributed by atoms with Gasteiger partial charge in [-0.05, 0) is 0 Å². The SMILES string of the molecule is CC1=CC(C(C)C)[C-]=C1.CC1=CC(C(C)C)[C-]=C1.[Cl-].[Cl-].[Zr+4]. The number of hydrogen-bond acceptors (Lipinski definition) is 0. The summed E-state index contributed by atoms with van der Waals surface area (Å²) < 4.78 is 0. The number of hydrogen-bond donors (Lipinski definition) is 0. The predicted molar refractivity (Wildman–Crippen MR) is 79.8 cm³/mol. The van der Waals surface area contributed by atoms with Crippen molar-refractivity contribution in [2.24, 2.45) is 23.7 Å². The minimum absolute atomic E-state index is 0. The first-order chi connectivity index (χ1) is 8.40. The Labute approximate surface area is 163 Å². The molecule has 0 bridgehead atoms. The van der Waals surface area contributed by atoms with Gasteiger partial charge >= 0.3 is 26.2 Å². The normalized spacial score (nSPS) is 21.7. The van der Waals surface area contributed by atoms with Gasteiger partial charge < -0.3 is 24.8 Å². The van der Waals surface area contributed by atoms with Gasteiger partial charge in [0, 0.05) is 0 Å². The third kappa shape index (κ3) is 9.93. The molecule has 2 aliphatic rings. The second kappa shape index (κ2) is 12.9. The van der Waals surface area contributed by atoms with Crippen LogP contribution in [0.2, 0.25) is 0 Å². The topological polar surface area (TPSA) is 0 Å². The minimum atomic E-state index is 0. The van der Waals surface area contributed by atoms with Gasteiger partial charge in [-0.3, -0.25) is 12.2 Å². The maximum Gasteiger partial charge on any atom is 4.00 e. The van der Waals surface area contributed by atoms with Crippen molar-refractivity contribution < 1.29 is 51.0 Å². The van der Waals surface area contributed by atoms with E-state index in [9.17, 15) is 0 Å². The molecule has 21 heavy (non-hydrogen) atoms. The van der Waals surface area contributed by atoms with Crippen molar-refractivity contribution in [3.05, 3.63) is 47.6 Å². The van der Waals surface area contributed by atoms with Gasteiger partial charge in [0.05, 0.1) is 0 Å². The zero-order chi connectivity index (χ0) is 13.7. The van der Waals surface area contributed by atoms with Crippen LogP contribution in [0.4, 0.5) is 0 Å². The van der Waals surface area contributed by atoms with Crippen LogP contribution in [-0.4, -0.2) is 0 Å². The van der Waals surface area contributed by atoms with Gasteiger partial charge in [-0.25, -0.2) is 23.3 Å². The van der Waals surface area contributed by atoms with E-state index >= 15 is 0 Å². The first-order valence-electron chi connectivity index (χ1n) is 6.95. The molecule has 0 fully saturated rings. The summed E-state index contributed by atoms with van der Waals surface area (Å²) in [6.45, 7) is 13.1. The van der Waals surface area contributed by atoms with E-state index in [0.29, 0.717) is 23.7 Å². The maximum atomic E-state index is 3.29. The van der Waals surface area contributed by atoms with Crippen molar-refractivity contribution in [3.63, 3.8) is 0 Å². The maximum absolute atomic E-state index is 3.29. The zero-order valence-electron chi connectivity index (χ0n) is 13.9. The van der Waals surface area contributed by atoms with E-state index in [-0.39, 0.29) is 51.0 Å². The van der Waals surface area contributed by atoms with E-state index in [2.05, 4.69) is 78.0 Å². The first-order valence-corrected chi connectivity index (χ1v) is 6.95. The quantitative estimate of drug-likeness (QED) is 0.527. The number of allylic oxidation sites excluding steroid dienone is 8. The molecule has 0 aromatic heterocycles. The Morgan fingerprint density at radius 1 is 0.762 bits per heavy atom. The molecule has 0 saturated carbocycles. The summed E-state index contributed by atoms with van der Waals surface area (Å²) in [7, 11) is 0. The second-order valence-electron chi connectivity index (χ2n) is 5.98. The fourth-order valence-corrected chi connectivity index (χ4v) is 1.98. The summed E-state index contributed by atoms with van der Waals surface area (Å²) in [6, 6.07) is 0. The van der Waals surface area contributed by atoms with Crippen molar-refractivity contribution >= 4 is 0 Å². The van der Waals surface area contributed by atoms with Crippen LogP contribution < -0.4 is 24.8 Å². The Morgan fingerprint density at radius 3 is 1.14 bits per heavy atom. The molecular weight excluding hydrogens is 378 g/mol. The molecule has 2 aliphatic carbocycles. The van der Waals surface area contributed by atoms with Crippen LogP contribution in [0.1, 0.15) is 41.5 Å². The van der Waals surface area contributed by atoms with E-state index in [1.807, 2.05) is 0 Å². The first kappa shape index (κ1) is 26.3. The molecule has 0 spiro atoms. The molecule has 0 N–H and O–H groups in total. The molecule has 0 radical (unpaired) electrons. The Kier molecular flexibility index (Phi) is 16.2. The van der Waals surface area contributed by atoms with Crippen LogP contribution in [0, 0.1) is 35.8 Å². The summed E-state index contributed by atoms with van der Waals surface area (Å²) >= 11 is 0. The predicted octanol–water partition coefficient (Wildman–Crippen LogP) is -0.839. The van der Waals surface area contributed by atoms with E-state index in [1.54, 1.807) is 0 Å². The van der Waals surface area contributed by atoms with Crippen LogP contribution >= 0.6 is 0 Å². The van der Waals surface area contributed by atoms with Gasteiger partial charge in [0.25, 0.3) is 0 Å². The Balaban J connectivity index is -0.000000270. The standard InChI is InChI=1S/2C9H13.2ClH.Zr/c2*1-7(2)9-5-4-8(3)6-9;;;/h2*4,6-7,9H,1-3H3;2*1H;/q2*-1;;;+4/p-2. The van der Waals surface area contributed by atoms with Gasteiger partial charge in [0.2, 0.25) is 0 Å². The minimum Gasteiger partial charge on any atom is -1.00 e. The Hall–Kier alpha value is 0.423. The Morgan fingerprint density at radius 2 is 1.05 bits per heavy atom. The van der Waals surface area contributed by atoms with E-state index in [4.69, 9.17) is 0 Å². The smallest absolute Gasteiger partial charge is 1.00 e. The molecule has 0 saturated heterocycles. The molecule has 0 amide bonds. The summed E-state index contributed by atoms with van der Waals surface area (Å²) in [5.74, 6) is 2.56. The van der Waals surface area contributed by atoms with Crippen molar-refractivity contribution in [2.75, 3.05) is 0 Å². The molecule has 0 aliphatic heterocycles. The summed E-state index contributed by atoms with van der Waals surface area (Å²) in [4.78, 5) is 0. The number of rotatable bonds is 2. The van der Waals surface area contributed by atoms with Gasteiger partial charge in [-0.15, -0.1) is 13.8 Å². The van der Waals surface area contributed by atoms with Crippen molar-refractivity contribution in [2.45, 2.75) is 41.5 Å². The van der Waals surface area contributed by atoms with Crippen molar-refractivity contribution in [1.29, 1.82) is 0 Å². The second-order valence-corrected chi connectivity index (χ2v) is 5.98. The molecule has 0 nitrogen and oxygen atoms in total. The monoisotopic (exact) mass is 402 g/mol. The fourth-order valence-electron chi connectivity index (χ4n) is 1.98. The van der Waals surface area contributed by atoms with Gasteiger partial charge in [0.15, 0.2) is 0 Å². The molecule has 0 aromatic carbocycles. The van der Waals surface area contributed by atoms with Crippen LogP contribution in [0.15, 0.2) is 35.5 Å². The molecule has 2 atom stereocenters. The van der Waals surface area contributed by atoms with E-state index in [1.165, 1.54) is 11.1 Å². The molecule has 116 valence electrons. The largest absolute Gasteiger partial charge is 4.00 e. The van der Waals surface area contributed by atoms with E-state index in [0.717, 1.165) is 0 Å². The van der Waals surface area contributed by atoms with Gasteiger partial charge in [-0.1, -0.05) is 51.4 Å². The Bertz CT molecular complexity index is 352. The molecule has 0 heterocycles. The molecule has 3 heteroatoms. The van der Waals surface area contributed by atoms with Crippen LogP contribution in [0.25, 0.3) is 0 Å². The summed E-state index contributed by atoms with van der Waals surface area (Å²) in [5.41, 5.74) is 2.71. The van der Waals surface area contributed by atoms with Crippen LogP contribution in [-0.2, 0) is 26.2 Å². The van der Waals surface area contributed by atoms with E-state index < -0.39 is 0 Å². The number of halogens is 2. The van der Waals surface area contributed by atoms with Crippen LogP contribution in [0.3, 0.4) is 0 Å². The van der Waals surface area contributed by atoms with Gasteiger partial charge in [-0.2, -0.15) is 12.2 Å². The summed E-state index contributed by atoms with van der Waals surface area (Å²) in [6.07, 6.45) is 15.3. The van der Waals surface area contributed by atoms with Crippen molar-refractivity contribution in [3.8, 4) is 0 Å². The third-order valence-electron chi connectivity index (χ3n) is 3.33. The molecule has 2 rings (SSSR count). The van der Waals surface area contributed by atoms with Crippen molar-refractivity contribution in [1.82, 2.24) is 0 Å². The molecule has 0 aromatic rings. The average Bonchev–Trinajstić information content (AvgIpc) is 2.88. The third-order valence-corrected chi connectivity index (χ3v) is 3.33. The molecule has 2 unspecified atom stereocenters. The zero-order valence-corrected chi connectivity index (χ0v) is 17.8. The van der Waals surface area contributed by atoms with Crippen LogP contribution in [0.5, 0.6) is 0 Å².